The van der Waals surface area contributed by atoms with E-state index in [9.17, 15) is 4.39 Å². The average molecular weight is 250 g/mol. The fourth-order valence-corrected chi connectivity index (χ4v) is 1.27. The second-order valence-electron chi connectivity index (χ2n) is 3.02. The predicted molar refractivity (Wildman–Crippen MR) is 58.2 cm³/mol. The van der Waals surface area contributed by atoms with Crippen LogP contribution in [0.15, 0.2) is 30.3 Å². The molecule has 1 aromatic heterocycles. The van der Waals surface area contributed by atoms with Gasteiger partial charge in [-0.25, -0.2) is 4.39 Å². The number of hydrogen-bond acceptors (Lipinski definition) is 4. The van der Waals surface area contributed by atoms with Gasteiger partial charge in [0.2, 0.25) is 5.88 Å². The van der Waals surface area contributed by atoms with Gasteiger partial charge in [-0.3, -0.25) is 0 Å². The number of rotatable bonds is 2. The van der Waals surface area contributed by atoms with Crippen molar-refractivity contribution in [2.45, 2.75) is 0 Å². The van der Waals surface area contributed by atoms with Crippen LogP contribution in [0.5, 0.6) is 11.6 Å². The van der Waals surface area contributed by atoms with Crippen LogP contribution in [-0.2, 0) is 0 Å². The van der Waals surface area contributed by atoms with Crippen LogP contribution in [0.1, 0.15) is 5.56 Å². The van der Waals surface area contributed by atoms with E-state index in [1.807, 2.05) is 0 Å². The molecule has 0 amide bonds. The first-order valence-corrected chi connectivity index (χ1v) is 4.94. The molecule has 1 aromatic carbocycles. The molecule has 2 aromatic rings. The van der Waals surface area contributed by atoms with Crippen molar-refractivity contribution in [3.05, 3.63) is 46.9 Å². The Labute approximate surface area is 101 Å². The van der Waals surface area contributed by atoms with Crippen molar-refractivity contribution in [2.75, 3.05) is 0 Å². The molecule has 0 N–H and O–H groups in total. The minimum Gasteiger partial charge on any atom is -0.436 e. The summed E-state index contributed by atoms with van der Waals surface area (Å²) in [6.45, 7) is 0. The van der Waals surface area contributed by atoms with Crippen LogP contribution < -0.4 is 4.74 Å². The molecule has 0 aliphatic rings. The summed E-state index contributed by atoms with van der Waals surface area (Å²) < 4.78 is 18.5. The second-order valence-corrected chi connectivity index (χ2v) is 3.41. The fourth-order valence-electron chi connectivity index (χ4n) is 1.17. The molecule has 0 radical (unpaired) electrons. The predicted octanol–water partition coefficient (Wildman–Crippen LogP) is 2.93. The zero-order valence-electron chi connectivity index (χ0n) is 8.39. The number of hydrogen-bond donors (Lipinski definition) is 0. The van der Waals surface area contributed by atoms with Crippen molar-refractivity contribution in [2.24, 2.45) is 0 Å². The molecular weight excluding hydrogens is 245 g/mol. The summed E-state index contributed by atoms with van der Waals surface area (Å²) in [4.78, 5) is 0. The topological polar surface area (TPSA) is 58.8 Å². The second kappa shape index (κ2) is 4.76. The minimum absolute atomic E-state index is 0.0872. The van der Waals surface area contributed by atoms with Gasteiger partial charge in [0, 0.05) is 6.07 Å². The number of halogens is 2. The van der Waals surface area contributed by atoms with Crippen molar-refractivity contribution >= 4 is 11.6 Å². The Balaban J connectivity index is 2.34. The third-order valence-corrected chi connectivity index (χ3v) is 2.11. The van der Waals surface area contributed by atoms with E-state index in [1.165, 1.54) is 30.3 Å². The van der Waals surface area contributed by atoms with E-state index in [-0.39, 0.29) is 22.3 Å². The molecule has 0 saturated carbocycles. The Morgan fingerprint density at radius 2 is 2.06 bits per heavy atom. The molecule has 0 bridgehead atoms. The van der Waals surface area contributed by atoms with E-state index in [4.69, 9.17) is 21.6 Å². The van der Waals surface area contributed by atoms with Gasteiger partial charge in [0.15, 0.2) is 5.15 Å². The molecule has 0 atom stereocenters. The van der Waals surface area contributed by atoms with E-state index >= 15 is 0 Å². The average Bonchev–Trinajstić information content (AvgIpc) is 2.32. The molecule has 84 valence electrons. The summed E-state index contributed by atoms with van der Waals surface area (Å²) in [6, 6.07) is 8.77. The highest BCUT2D eigenvalue weighted by Gasteiger charge is 2.10. The fraction of sp³-hybridized carbons (Fsp3) is 0. The summed E-state index contributed by atoms with van der Waals surface area (Å²) >= 11 is 5.56. The maximum Gasteiger partial charge on any atom is 0.239 e. The van der Waals surface area contributed by atoms with Gasteiger partial charge in [0.1, 0.15) is 23.2 Å². The van der Waals surface area contributed by atoms with Gasteiger partial charge < -0.3 is 4.74 Å². The highest BCUT2D eigenvalue weighted by Crippen LogP contribution is 2.25. The van der Waals surface area contributed by atoms with Crippen molar-refractivity contribution in [1.82, 2.24) is 10.2 Å². The molecule has 0 spiro atoms. The quantitative estimate of drug-likeness (QED) is 0.821. The molecule has 0 unspecified atom stereocenters. The first-order chi connectivity index (χ1) is 8.20. The lowest BCUT2D eigenvalue weighted by Gasteiger charge is -2.05. The Morgan fingerprint density at radius 3 is 2.71 bits per heavy atom. The van der Waals surface area contributed by atoms with Gasteiger partial charge in [-0.05, 0) is 18.2 Å². The van der Waals surface area contributed by atoms with Crippen molar-refractivity contribution < 1.29 is 9.13 Å². The molecule has 1 heterocycles. The van der Waals surface area contributed by atoms with E-state index in [2.05, 4.69) is 10.2 Å². The monoisotopic (exact) mass is 249 g/mol. The summed E-state index contributed by atoms with van der Waals surface area (Å²) in [6.07, 6.45) is 0. The van der Waals surface area contributed by atoms with Gasteiger partial charge >= 0.3 is 0 Å². The maximum absolute atomic E-state index is 13.3. The Bertz CT molecular complexity index is 580. The lowest BCUT2D eigenvalue weighted by Crippen LogP contribution is -1.94. The Morgan fingerprint density at radius 1 is 1.24 bits per heavy atom. The molecule has 0 saturated heterocycles. The van der Waals surface area contributed by atoms with Crippen molar-refractivity contribution in [1.29, 1.82) is 5.26 Å². The van der Waals surface area contributed by atoms with E-state index < -0.39 is 5.82 Å². The van der Waals surface area contributed by atoms with Crippen LogP contribution in [0.3, 0.4) is 0 Å². The van der Waals surface area contributed by atoms with Crippen LogP contribution in [0.2, 0.25) is 5.15 Å². The van der Waals surface area contributed by atoms with Crippen LogP contribution >= 0.6 is 11.6 Å². The molecule has 4 nitrogen and oxygen atoms in total. The first-order valence-electron chi connectivity index (χ1n) is 4.56. The van der Waals surface area contributed by atoms with Gasteiger partial charge in [-0.1, -0.05) is 17.7 Å². The SMILES string of the molecule is N#Cc1c(F)cccc1Oc1ccc(Cl)nn1. The Kier molecular flexibility index (Phi) is 3.17. The van der Waals surface area contributed by atoms with Gasteiger partial charge in [-0.15, -0.1) is 10.2 Å². The highest BCUT2D eigenvalue weighted by molar-refractivity contribution is 6.29. The zero-order valence-corrected chi connectivity index (χ0v) is 9.15. The van der Waals surface area contributed by atoms with Crippen molar-refractivity contribution in [3.63, 3.8) is 0 Å². The number of benzene rings is 1. The van der Waals surface area contributed by atoms with Crippen molar-refractivity contribution in [3.8, 4) is 17.7 Å². The lowest BCUT2D eigenvalue weighted by atomic mass is 10.2. The lowest BCUT2D eigenvalue weighted by molar-refractivity contribution is 0.449. The molecule has 6 heteroatoms. The summed E-state index contributed by atoms with van der Waals surface area (Å²) in [5.74, 6) is -0.424. The molecule has 0 aliphatic carbocycles. The number of nitriles is 1. The number of aromatic nitrogens is 2. The molecule has 0 aliphatic heterocycles. The first kappa shape index (κ1) is 11.3. The summed E-state index contributed by atoms with van der Waals surface area (Å²) in [5.41, 5.74) is -0.177. The summed E-state index contributed by atoms with van der Waals surface area (Å²) in [5, 5.41) is 16.2. The molecule has 17 heavy (non-hydrogen) atoms. The third-order valence-electron chi connectivity index (χ3n) is 1.91. The largest absolute Gasteiger partial charge is 0.436 e. The normalized spacial score (nSPS) is 9.71. The van der Waals surface area contributed by atoms with Crippen LogP contribution in [0, 0.1) is 17.1 Å². The molecular formula is C11H5ClFN3O. The van der Waals surface area contributed by atoms with Gasteiger partial charge in [-0.2, -0.15) is 5.26 Å². The standard InChI is InChI=1S/C11H5ClFN3O/c12-10-4-5-11(16-15-10)17-9-3-1-2-8(13)7(9)6-14/h1-5H. The van der Waals surface area contributed by atoms with Crippen LogP contribution in [0.25, 0.3) is 0 Å². The number of nitrogens with zero attached hydrogens (tertiary/aromatic N) is 3. The Hall–Kier alpha value is -2.19. The van der Waals surface area contributed by atoms with Crippen LogP contribution in [-0.4, -0.2) is 10.2 Å². The minimum atomic E-state index is -0.646. The number of ether oxygens (including phenoxy) is 1. The highest BCUT2D eigenvalue weighted by atomic mass is 35.5. The van der Waals surface area contributed by atoms with E-state index in [0.29, 0.717) is 0 Å². The maximum atomic E-state index is 13.3. The van der Waals surface area contributed by atoms with Gasteiger partial charge in [0.25, 0.3) is 0 Å². The van der Waals surface area contributed by atoms with Gasteiger partial charge in [0.05, 0.1) is 0 Å². The summed E-state index contributed by atoms with van der Waals surface area (Å²) in [7, 11) is 0. The molecule has 0 fully saturated rings. The molecule has 2 rings (SSSR count). The third kappa shape index (κ3) is 2.49. The zero-order chi connectivity index (χ0) is 12.3. The van der Waals surface area contributed by atoms with E-state index in [0.717, 1.165) is 0 Å². The van der Waals surface area contributed by atoms with Crippen LogP contribution in [0.4, 0.5) is 4.39 Å². The van der Waals surface area contributed by atoms with E-state index in [1.54, 1.807) is 6.07 Å². The smallest absolute Gasteiger partial charge is 0.239 e.